The van der Waals surface area contributed by atoms with Gasteiger partial charge in [-0.2, -0.15) is 0 Å². The van der Waals surface area contributed by atoms with Gasteiger partial charge in [-0.1, -0.05) is 45.4 Å². The van der Waals surface area contributed by atoms with Crippen LogP contribution in [0.4, 0.5) is 5.69 Å². The molecule has 0 saturated carbocycles. The van der Waals surface area contributed by atoms with E-state index in [1.165, 1.54) is 11.1 Å². The van der Waals surface area contributed by atoms with Crippen molar-refractivity contribution in [3.63, 3.8) is 0 Å². The molecule has 5 nitrogen and oxygen atoms in total. The average Bonchev–Trinajstić information content (AvgIpc) is 2.46. The summed E-state index contributed by atoms with van der Waals surface area (Å²) in [5.41, 5.74) is 8.92. The van der Waals surface area contributed by atoms with Crippen LogP contribution in [0.25, 0.3) is 0 Å². The van der Waals surface area contributed by atoms with Crippen molar-refractivity contribution >= 4 is 17.6 Å². The van der Waals surface area contributed by atoms with Gasteiger partial charge in [0, 0.05) is 6.54 Å². The molecule has 0 heterocycles. The van der Waals surface area contributed by atoms with Crippen LogP contribution in [-0.2, 0) is 12.8 Å². The van der Waals surface area contributed by atoms with E-state index in [4.69, 9.17) is 16.6 Å². The number of hydrogen-bond donors (Lipinski definition) is 4. The zero-order valence-corrected chi connectivity index (χ0v) is 13.3. The highest BCUT2D eigenvalue weighted by molar-refractivity contribution is 6.04. The molecule has 1 aromatic carbocycles. The third-order valence-corrected chi connectivity index (χ3v) is 3.49. The largest absolute Gasteiger partial charge is 0.370 e. The number of nitrogens with one attached hydrogen (secondary N) is 3. The molecule has 0 amide bonds. The van der Waals surface area contributed by atoms with Gasteiger partial charge < -0.3 is 10.6 Å². The molecule has 0 saturated heterocycles. The first-order chi connectivity index (χ1) is 10.0. The number of para-hydroxylation sites is 1. The maximum Gasteiger partial charge on any atom is 0.202 e. The number of benzene rings is 1. The molecule has 0 radical (unpaired) electrons. The lowest BCUT2D eigenvalue weighted by Crippen LogP contribution is -2.47. The van der Waals surface area contributed by atoms with Gasteiger partial charge in [0.1, 0.15) is 0 Å². The Labute approximate surface area is 127 Å². The molecular weight excluding hydrogens is 262 g/mol. The van der Waals surface area contributed by atoms with Crippen molar-refractivity contribution in [3.8, 4) is 0 Å². The molecule has 0 aliphatic heterocycles. The number of aryl methyl sites for hydroxylation is 2. The Hall–Kier alpha value is -2.04. The van der Waals surface area contributed by atoms with E-state index in [0.717, 1.165) is 37.9 Å². The first kappa shape index (κ1) is 17.0. The number of rotatable bonds is 6. The normalized spacial score (nSPS) is 10.2. The van der Waals surface area contributed by atoms with Gasteiger partial charge in [-0.05, 0) is 30.4 Å². The molecule has 0 bridgehead atoms. The second-order valence-electron chi connectivity index (χ2n) is 5.02. The van der Waals surface area contributed by atoms with E-state index in [1.54, 1.807) is 0 Å². The van der Waals surface area contributed by atoms with Crippen LogP contribution in [0.3, 0.4) is 0 Å². The summed E-state index contributed by atoms with van der Waals surface area (Å²) < 4.78 is 0. The summed E-state index contributed by atoms with van der Waals surface area (Å²) in [6, 6.07) is 6.28. The van der Waals surface area contributed by atoms with Crippen molar-refractivity contribution in [2.45, 2.75) is 46.5 Å². The zero-order chi connectivity index (χ0) is 15.8. The Balaban J connectivity index is 3.24. The molecule has 0 fully saturated rings. The van der Waals surface area contributed by atoms with Crippen LogP contribution in [0.5, 0.6) is 0 Å². The molecule has 0 unspecified atom stereocenters. The van der Waals surface area contributed by atoms with Crippen LogP contribution >= 0.6 is 0 Å². The fourth-order valence-corrected chi connectivity index (χ4v) is 2.41. The van der Waals surface area contributed by atoms with Crippen molar-refractivity contribution in [3.05, 3.63) is 29.3 Å². The first-order valence-electron chi connectivity index (χ1n) is 7.62. The van der Waals surface area contributed by atoms with Crippen molar-refractivity contribution in [2.75, 3.05) is 11.4 Å². The number of anilines is 1. The fourth-order valence-electron chi connectivity index (χ4n) is 2.41. The lowest BCUT2D eigenvalue weighted by atomic mass is 10.0. The van der Waals surface area contributed by atoms with Crippen LogP contribution in [0, 0.1) is 10.8 Å². The van der Waals surface area contributed by atoms with Crippen LogP contribution in [-0.4, -0.2) is 18.5 Å². The summed E-state index contributed by atoms with van der Waals surface area (Å²) >= 11 is 0. The number of unbranched alkanes of at least 4 members (excludes halogenated alkanes) is 1. The molecule has 0 aliphatic rings. The Bertz CT molecular complexity index is 473. The van der Waals surface area contributed by atoms with Crippen LogP contribution in [0.15, 0.2) is 18.2 Å². The Kier molecular flexibility index (Phi) is 6.72. The van der Waals surface area contributed by atoms with Gasteiger partial charge in [-0.25, -0.2) is 0 Å². The van der Waals surface area contributed by atoms with Crippen molar-refractivity contribution in [1.29, 1.82) is 10.8 Å². The predicted octanol–water partition coefficient (Wildman–Crippen LogP) is 2.84. The average molecular weight is 289 g/mol. The van der Waals surface area contributed by atoms with E-state index in [-0.39, 0.29) is 11.9 Å². The monoisotopic (exact) mass is 289 g/mol. The zero-order valence-electron chi connectivity index (χ0n) is 13.3. The van der Waals surface area contributed by atoms with Crippen LogP contribution in [0.1, 0.15) is 44.7 Å². The summed E-state index contributed by atoms with van der Waals surface area (Å²) in [7, 11) is 0. The third-order valence-electron chi connectivity index (χ3n) is 3.49. The number of hydrogen-bond acceptors (Lipinski definition) is 2. The minimum absolute atomic E-state index is 0.173. The van der Waals surface area contributed by atoms with Crippen molar-refractivity contribution in [1.82, 2.24) is 5.32 Å². The van der Waals surface area contributed by atoms with E-state index in [0.29, 0.717) is 0 Å². The molecule has 5 heteroatoms. The summed E-state index contributed by atoms with van der Waals surface area (Å²) in [5, 5.41) is 18.2. The van der Waals surface area contributed by atoms with E-state index >= 15 is 0 Å². The Morgan fingerprint density at radius 2 is 1.71 bits per heavy atom. The Morgan fingerprint density at radius 3 is 2.14 bits per heavy atom. The standard InChI is InChI=1S/C16H27N5/c1-4-7-11-21(16(19)20-15(17)18)14-12(5-2)9-8-10-13(14)6-3/h8-10H,4-7,11H2,1-3H3,(H5,17,18,19,20). The van der Waals surface area contributed by atoms with Gasteiger partial charge in [0.05, 0.1) is 5.69 Å². The van der Waals surface area contributed by atoms with E-state index < -0.39 is 0 Å². The highest BCUT2D eigenvalue weighted by atomic mass is 15.3. The molecule has 1 aromatic rings. The van der Waals surface area contributed by atoms with Crippen LogP contribution < -0.4 is 16.0 Å². The highest BCUT2D eigenvalue weighted by Gasteiger charge is 2.18. The number of guanidine groups is 2. The number of nitrogens with zero attached hydrogens (tertiary/aromatic N) is 1. The lowest BCUT2D eigenvalue weighted by molar-refractivity contribution is 0.781. The molecule has 0 atom stereocenters. The van der Waals surface area contributed by atoms with Gasteiger partial charge in [0.2, 0.25) is 5.96 Å². The second-order valence-corrected chi connectivity index (χ2v) is 5.02. The summed E-state index contributed by atoms with van der Waals surface area (Å²) in [6.07, 6.45) is 3.88. The van der Waals surface area contributed by atoms with Crippen molar-refractivity contribution < 1.29 is 0 Å². The predicted molar refractivity (Wildman–Crippen MR) is 90.2 cm³/mol. The minimum Gasteiger partial charge on any atom is -0.370 e. The second kappa shape index (κ2) is 8.29. The van der Waals surface area contributed by atoms with E-state index in [2.05, 4.69) is 44.3 Å². The van der Waals surface area contributed by atoms with E-state index in [9.17, 15) is 0 Å². The molecule has 1 rings (SSSR count). The maximum absolute atomic E-state index is 8.23. The summed E-state index contributed by atoms with van der Waals surface area (Å²) in [5.74, 6) is -0.0277. The quantitative estimate of drug-likeness (QED) is 0.479. The van der Waals surface area contributed by atoms with Gasteiger partial charge in [0.15, 0.2) is 5.96 Å². The molecule has 116 valence electrons. The Morgan fingerprint density at radius 1 is 1.14 bits per heavy atom. The molecule has 5 N–H and O–H groups in total. The number of nitrogens with two attached hydrogens (primary N) is 1. The first-order valence-corrected chi connectivity index (χ1v) is 7.62. The fraction of sp³-hybridized carbons (Fsp3) is 0.500. The van der Waals surface area contributed by atoms with Gasteiger partial charge in [-0.3, -0.25) is 16.1 Å². The SMILES string of the molecule is CCCCN(C(=N)NC(=N)N)c1c(CC)cccc1CC. The van der Waals surface area contributed by atoms with Gasteiger partial charge in [-0.15, -0.1) is 0 Å². The smallest absolute Gasteiger partial charge is 0.202 e. The molecule has 21 heavy (non-hydrogen) atoms. The van der Waals surface area contributed by atoms with Gasteiger partial charge >= 0.3 is 0 Å². The summed E-state index contributed by atoms with van der Waals surface area (Å²) in [6.45, 7) is 7.13. The van der Waals surface area contributed by atoms with Gasteiger partial charge in [0.25, 0.3) is 0 Å². The molecular formula is C16H27N5. The van der Waals surface area contributed by atoms with Crippen LogP contribution in [0.2, 0.25) is 0 Å². The lowest BCUT2D eigenvalue weighted by Gasteiger charge is -2.29. The molecule has 0 aliphatic carbocycles. The topological polar surface area (TPSA) is 89.0 Å². The minimum atomic E-state index is -0.200. The molecule has 0 spiro atoms. The third kappa shape index (κ3) is 4.48. The molecule has 0 aromatic heterocycles. The van der Waals surface area contributed by atoms with Crippen molar-refractivity contribution in [2.24, 2.45) is 5.73 Å². The maximum atomic E-state index is 8.23. The van der Waals surface area contributed by atoms with E-state index in [1.807, 2.05) is 4.90 Å². The summed E-state index contributed by atoms with van der Waals surface area (Å²) in [4.78, 5) is 1.95. The highest BCUT2D eigenvalue weighted by Crippen LogP contribution is 2.27.